The van der Waals surface area contributed by atoms with Crippen LogP contribution in [-0.4, -0.2) is 59.4 Å². The summed E-state index contributed by atoms with van der Waals surface area (Å²) in [4.78, 5) is 5.16. The molecule has 0 aromatic carbocycles. The molecule has 4 rings (SSSR count). The number of fused-ring (bicyclic) bond motifs is 1. The quantitative estimate of drug-likeness (QED) is 0.893. The van der Waals surface area contributed by atoms with Gasteiger partial charge < -0.3 is 10.2 Å². The highest BCUT2D eigenvalue weighted by Crippen LogP contribution is 2.38. The van der Waals surface area contributed by atoms with Crippen molar-refractivity contribution in [1.29, 1.82) is 0 Å². The fourth-order valence-electron chi connectivity index (χ4n) is 4.66. The molecule has 5 nitrogen and oxygen atoms in total. The molecule has 0 radical (unpaired) electrons. The molecule has 1 atom stereocenters. The van der Waals surface area contributed by atoms with Gasteiger partial charge in [0.2, 0.25) is 0 Å². The van der Waals surface area contributed by atoms with Crippen molar-refractivity contribution in [3.8, 4) is 0 Å². The first-order valence-electron chi connectivity index (χ1n) is 8.90. The van der Waals surface area contributed by atoms with Gasteiger partial charge in [-0.15, -0.1) is 0 Å². The highest BCUT2D eigenvalue weighted by molar-refractivity contribution is 5.11. The Labute approximate surface area is 133 Å². The number of likely N-dealkylation sites (tertiary alicyclic amines) is 2. The zero-order valence-corrected chi connectivity index (χ0v) is 13.9. The van der Waals surface area contributed by atoms with Crippen LogP contribution in [0.15, 0.2) is 6.07 Å². The summed E-state index contributed by atoms with van der Waals surface area (Å²) >= 11 is 0. The summed E-state index contributed by atoms with van der Waals surface area (Å²) in [5.41, 5.74) is 3.19. The van der Waals surface area contributed by atoms with Gasteiger partial charge in [-0.3, -0.25) is 9.58 Å². The lowest BCUT2D eigenvalue weighted by Gasteiger charge is -2.40. The Kier molecular flexibility index (Phi) is 3.96. The van der Waals surface area contributed by atoms with Crippen LogP contribution in [0.3, 0.4) is 0 Å². The maximum absolute atomic E-state index is 4.86. The zero-order chi connectivity index (χ0) is 15.0. The molecule has 1 N–H and O–H groups in total. The second-order valence-corrected chi connectivity index (χ2v) is 7.68. The van der Waals surface area contributed by atoms with Crippen molar-refractivity contribution >= 4 is 0 Å². The minimum atomic E-state index is 0.561. The van der Waals surface area contributed by atoms with Crippen LogP contribution in [0.25, 0.3) is 0 Å². The lowest BCUT2D eigenvalue weighted by molar-refractivity contribution is 0.0888. The molecule has 5 heteroatoms. The van der Waals surface area contributed by atoms with Crippen molar-refractivity contribution in [3.05, 3.63) is 17.5 Å². The smallest absolute Gasteiger partial charge is 0.0768 e. The number of nitrogens with one attached hydrogen (secondary N) is 1. The van der Waals surface area contributed by atoms with E-state index in [1.54, 1.807) is 0 Å². The normalized spacial score (nSPS) is 30.6. The summed E-state index contributed by atoms with van der Waals surface area (Å²) in [6.07, 6.45) is 5.33. The molecule has 0 aliphatic carbocycles. The summed E-state index contributed by atoms with van der Waals surface area (Å²) in [5.74, 6) is 0. The minimum Gasteiger partial charge on any atom is -0.311 e. The van der Waals surface area contributed by atoms with Crippen LogP contribution in [0.4, 0.5) is 0 Å². The first kappa shape index (κ1) is 14.7. The lowest BCUT2D eigenvalue weighted by Crippen LogP contribution is -2.44. The molecular formula is C17H29N5. The van der Waals surface area contributed by atoms with Crippen LogP contribution in [0.5, 0.6) is 0 Å². The number of aryl methyl sites for hydroxylation is 1. The van der Waals surface area contributed by atoms with Crippen LogP contribution in [0, 0.1) is 5.41 Å². The Morgan fingerprint density at radius 1 is 1.18 bits per heavy atom. The van der Waals surface area contributed by atoms with Gasteiger partial charge in [0.05, 0.1) is 11.4 Å². The molecule has 22 heavy (non-hydrogen) atoms. The van der Waals surface area contributed by atoms with Crippen molar-refractivity contribution in [2.45, 2.75) is 45.3 Å². The maximum Gasteiger partial charge on any atom is 0.0768 e. The van der Waals surface area contributed by atoms with Gasteiger partial charge in [-0.2, -0.15) is 5.10 Å². The van der Waals surface area contributed by atoms with E-state index in [0.29, 0.717) is 5.41 Å². The molecule has 1 spiro atoms. The van der Waals surface area contributed by atoms with E-state index in [4.69, 9.17) is 5.10 Å². The second kappa shape index (κ2) is 5.95. The first-order valence-corrected chi connectivity index (χ1v) is 8.90. The van der Waals surface area contributed by atoms with Gasteiger partial charge in [0.15, 0.2) is 0 Å². The zero-order valence-electron chi connectivity index (χ0n) is 13.9. The average Bonchev–Trinajstić information content (AvgIpc) is 2.96. The summed E-state index contributed by atoms with van der Waals surface area (Å²) in [7, 11) is 2.27. The summed E-state index contributed by atoms with van der Waals surface area (Å²) in [5, 5.41) is 8.34. The molecule has 0 bridgehead atoms. The van der Waals surface area contributed by atoms with Crippen molar-refractivity contribution in [2.75, 3.05) is 39.8 Å². The second-order valence-electron chi connectivity index (χ2n) is 7.68. The van der Waals surface area contributed by atoms with Crippen LogP contribution < -0.4 is 5.32 Å². The average molecular weight is 303 g/mol. The molecule has 122 valence electrons. The number of hydrogen-bond donors (Lipinski definition) is 1. The fourth-order valence-corrected chi connectivity index (χ4v) is 4.66. The van der Waals surface area contributed by atoms with E-state index < -0.39 is 0 Å². The third-order valence-corrected chi connectivity index (χ3v) is 5.70. The molecule has 2 saturated heterocycles. The molecule has 0 amide bonds. The molecule has 4 heterocycles. The van der Waals surface area contributed by atoms with E-state index in [1.807, 2.05) is 0 Å². The van der Waals surface area contributed by atoms with E-state index >= 15 is 0 Å². The molecule has 3 aliphatic heterocycles. The largest absolute Gasteiger partial charge is 0.311 e. The molecule has 0 saturated carbocycles. The van der Waals surface area contributed by atoms with Crippen LogP contribution in [-0.2, 0) is 19.6 Å². The van der Waals surface area contributed by atoms with E-state index in [9.17, 15) is 0 Å². The third kappa shape index (κ3) is 2.94. The molecule has 1 unspecified atom stereocenters. The Bertz CT molecular complexity index is 498. The molecule has 3 aliphatic rings. The van der Waals surface area contributed by atoms with Crippen molar-refractivity contribution in [1.82, 2.24) is 24.9 Å². The number of aromatic nitrogens is 2. The van der Waals surface area contributed by atoms with E-state index in [1.165, 1.54) is 63.3 Å². The Morgan fingerprint density at radius 2 is 2.14 bits per heavy atom. The van der Waals surface area contributed by atoms with Crippen LogP contribution >= 0.6 is 0 Å². The number of rotatable bonds is 2. The monoisotopic (exact) mass is 303 g/mol. The maximum atomic E-state index is 4.86. The van der Waals surface area contributed by atoms with Crippen molar-refractivity contribution in [2.24, 2.45) is 5.41 Å². The standard InChI is InChI=1S/C17H29N5/c1-20-9-5-17(13-20)4-2-7-21(14-17)12-15-10-16-11-18-6-3-8-22(16)19-15/h10,18H,2-9,11-14H2,1H3. The first-order chi connectivity index (χ1) is 10.7. The Morgan fingerprint density at radius 3 is 3.00 bits per heavy atom. The molecule has 2 fully saturated rings. The van der Waals surface area contributed by atoms with Gasteiger partial charge in [0.25, 0.3) is 0 Å². The summed E-state index contributed by atoms with van der Waals surface area (Å²) < 4.78 is 2.22. The Hall–Kier alpha value is -0.910. The van der Waals surface area contributed by atoms with Gasteiger partial charge in [-0.1, -0.05) is 0 Å². The van der Waals surface area contributed by atoms with Crippen molar-refractivity contribution < 1.29 is 0 Å². The lowest BCUT2D eigenvalue weighted by atomic mass is 9.79. The topological polar surface area (TPSA) is 36.3 Å². The van der Waals surface area contributed by atoms with E-state index in [0.717, 1.165) is 26.2 Å². The van der Waals surface area contributed by atoms with Crippen molar-refractivity contribution in [3.63, 3.8) is 0 Å². The van der Waals surface area contributed by atoms with Crippen LogP contribution in [0.1, 0.15) is 37.1 Å². The number of hydrogen-bond acceptors (Lipinski definition) is 4. The fraction of sp³-hybridized carbons (Fsp3) is 0.824. The van der Waals surface area contributed by atoms with Gasteiger partial charge >= 0.3 is 0 Å². The van der Waals surface area contributed by atoms with Gasteiger partial charge in [-0.05, 0) is 63.8 Å². The predicted octanol–water partition coefficient (Wildman–Crippen LogP) is 1.29. The summed E-state index contributed by atoms with van der Waals surface area (Å²) in [6.45, 7) is 9.25. The minimum absolute atomic E-state index is 0.561. The van der Waals surface area contributed by atoms with Crippen LogP contribution in [0.2, 0.25) is 0 Å². The van der Waals surface area contributed by atoms with E-state index in [-0.39, 0.29) is 0 Å². The van der Waals surface area contributed by atoms with E-state index in [2.05, 4.69) is 32.9 Å². The highest BCUT2D eigenvalue weighted by Gasteiger charge is 2.40. The Balaban J connectivity index is 1.43. The highest BCUT2D eigenvalue weighted by atomic mass is 15.3. The van der Waals surface area contributed by atoms with Gasteiger partial charge in [-0.25, -0.2) is 0 Å². The number of nitrogens with zero attached hydrogens (tertiary/aromatic N) is 4. The number of piperidine rings is 1. The molecule has 1 aromatic rings. The molecular weight excluding hydrogens is 274 g/mol. The third-order valence-electron chi connectivity index (χ3n) is 5.70. The SMILES string of the molecule is CN1CCC2(CCCN(Cc3cc4n(n3)CCCNC4)C2)C1. The van der Waals surface area contributed by atoms with Gasteiger partial charge in [0.1, 0.15) is 0 Å². The van der Waals surface area contributed by atoms with Gasteiger partial charge in [0, 0.05) is 32.7 Å². The predicted molar refractivity (Wildman–Crippen MR) is 87.6 cm³/mol. The molecule has 1 aromatic heterocycles. The summed E-state index contributed by atoms with van der Waals surface area (Å²) in [6, 6.07) is 2.32.